The predicted molar refractivity (Wildman–Crippen MR) is 383 cm³/mol. The van der Waals surface area contributed by atoms with Crippen LogP contribution in [0.5, 0.6) is 0 Å². The van der Waals surface area contributed by atoms with Gasteiger partial charge in [0.05, 0.1) is 38.6 Å². The molecule has 1 amide bonds. The van der Waals surface area contributed by atoms with Gasteiger partial charge in [-0.15, -0.1) is 0 Å². The van der Waals surface area contributed by atoms with Gasteiger partial charge in [-0.1, -0.05) is 237 Å². The van der Waals surface area contributed by atoms with Crippen LogP contribution in [0.25, 0.3) is 0 Å². The molecule has 3 saturated heterocycles. The van der Waals surface area contributed by atoms with Crippen molar-refractivity contribution in [2.24, 2.45) is 0 Å². The summed E-state index contributed by atoms with van der Waals surface area (Å²) in [4.78, 5) is 13.4. The highest BCUT2D eigenvalue weighted by molar-refractivity contribution is 5.76. The fourth-order valence-electron chi connectivity index (χ4n) is 11.5. The predicted octanol–water partition coefficient (Wildman–Crippen LogP) is 10.9. The van der Waals surface area contributed by atoms with E-state index < -0.39 is 124 Å². The van der Waals surface area contributed by atoms with E-state index in [0.29, 0.717) is 12.8 Å². The smallest absolute Gasteiger partial charge is 0.220 e. The Hall–Kier alpha value is -4.07. The molecule has 0 aromatic rings. The molecule has 0 bridgehead atoms. The Morgan fingerprint density at radius 2 is 0.722 bits per heavy atom. The Kier molecular flexibility index (Phi) is 51.7. The first-order valence-corrected chi connectivity index (χ1v) is 36.9. The van der Waals surface area contributed by atoms with Crippen molar-refractivity contribution in [2.45, 2.75) is 324 Å². The van der Waals surface area contributed by atoms with Gasteiger partial charge in [-0.25, -0.2) is 0 Å². The summed E-state index contributed by atoms with van der Waals surface area (Å²) in [7, 11) is 0. The van der Waals surface area contributed by atoms with Crippen molar-refractivity contribution in [3.05, 3.63) is 134 Å². The first-order valence-electron chi connectivity index (χ1n) is 36.9. The van der Waals surface area contributed by atoms with E-state index >= 15 is 0 Å². The van der Waals surface area contributed by atoms with Gasteiger partial charge in [0.1, 0.15) is 73.2 Å². The molecule has 17 atom stereocenters. The lowest BCUT2D eigenvalue weighted by molar-refractivity contribution is -0.379. The van der Waals surface area contributed by atoms with Crippen LogP contribution in [0.1, 0.15) is 219 Å². The number of rotatable bonds is 55. The molecule has 19 heteroatoms. The summed E-state index contributed by atoms with van der Waals surface area (Å²) in [5.41, 5.74) is 0. The summed E-state index contributed by atoms with van der Waals surface area (Å²) in [5, 5.41) is 120. The van der Waals surface area contributed by atoms with Gasteiger partial charge in [-0.3, -0.25) is 4.79 Å². The molecular formula is C78H129NO18. The fraction of sp³-hybridized carbons (Fsp3) is 0.705. The van der Waals surface area contributed by atoms with Gasteiger partial charge in [-0.05, 0) is 109 Å². The summed E-state index contributed by atoms with van der Waals surface area (Å²) < 4.78 is 34.3. The molecule has 0 radical (unpaired) electrons. The van der Waals surface area contributed by atoms with Crippen LogP contribution < -0.4 is 5.32 Å². The number of nitrogens with one attached hydrogen (secondary N) is 1. The van der Waals surface area contributed by atoms with E-state index in [1.807, 2.05) is 6.08 Å². The van der Waals surface area contributed by atoms with Crippen molar-refractivity contribution in [1.82, 2.24) is 5.32 Å². The zero-order valence-electron chi connectivity index (χ0n) is 58.7. The molecule has 3 aliphatic rings. The summed E-state index contributed by atoms with van der Waals surface area (Å²) in [5.74, 6) is -0.297. The van der Waals surface area contributed by atoms with E-state index in [0.717, 1.165) is 109 Å². The minimum atomic E-state index is -1.99. The quantitative estimate of drug-likeness (QED) is 0.0199. The number of amides is 1. The fourth-order valence-corrected chi connectivity index (χ4v) is 11.5. The van der Waals surface area contributed by atoms with Crippen molar-refractivity contribution in [3.63, 3.8) is 0 Å². The molecule has 0 aromatic heterocycles. The van der Waals surface area contributed by atoms with Gasteiger partial charge < -0.3 is 89.9 Å². The maximum absolute atomic E-state index is 13.4. The minimum absolute atomic E-state index is 0.223. The van der Waals surface area contributed by atoms with Crippen LogP contribution in [0.2, 0.25) is 0 Å². The number of carbonyl (C=O) groups excluding carboxylic acids is 1. The number of hydrogen-bond acceptors (Lipinski definition) is 18. The van der Waals surface area contributed by atoms with Crippen molar-refractivity contribution >= 4 is 5.91 Å². The zero-order valence-corrected chi connectivity index (χ0v) is 58.7. The monoisotopic (exact) mass is 1370 g/mol. The molecule has 3 fully saturated rings. The van der Waals surface area contributed by atoms with Crippen molar-refractivity contribution < 1.29 is 89.4 Å². The molecule has 0 aliphatic carbocycles. The number of unbranched alkanes of at least 4 members (excludes halogenated alkanes) is 19. The van der Waals surface area contributed by atoms with Gasteiger partial charge >= 0.3 is 0 Å². The third-order valence-electron chi connectivity index (χ3n) is 17.4. The van der Waals surface area contributed by atoms with E-state index in [4.69, 9.17) is 28.4 Å². The van der Waals surface area contributed by atoms with Gasteiger partial charge in [0.15, 0.2) is 18.9 Å². The summed E-state index contributed by atoms with van der Waals surface area (Å²) in [6.45, 7) is 1.53. The highest BCUT2D eigenvalue weighted by Crippen LogP contribution is 2.33. The second-order valence-corrected chi connectivity index (χ2v) is 25.6. The molecule has 19 nitrogen and oxygen atoms in total. The number of hydrogen-bond donors (Lipinski definition) is 12. The molecule has 0 aromatic carbocycles. The van der Waals surface area contributed by atoms with E-state index in [1.165, 1.54) is 77.0 Å². The molecular weight excluding hydrogens is 1240 g/mol. The third kappa shape index (κ3) is 38.5. The Morgan fingerprint density at radius 1 is 0.381 bits per heavy atom. The van der Waals surface area contributed by atoms with Crippen LogP contribution in [0, 0.1) is 0 Å². The van der Waals surface area contributed by atoms with Gasteiger partial charge in [-0.2, -0.15) is 0 Å². The normalized spacial score (nSPS) is 27.7. The number of allylic oxidation sites excluding steroid dienone is 21. The number of aliphatic hydroxyl groups excluding tert-OH is 11. The second-order valence-electron chi connectivity index (χ2n) is 25.6. The highest BCUT2D eigenvalue weighted by Gasteiger charge is 2.53. The van der Waals surface area contributed by atoms with E-state index in [9.17, 15) is 61.0 Å². The molecule has 0 saturated carbocycles. The highest BCUT2D eigenvalue weighted by atomic mass is 16.8. The summed E-state index contributed by atoms with van der Waals surface area (Å²) in [6, 6.07) is -1.00. The molecule has 3 heterocycles. The van der Waals surface area contributed by atoms with Crippen LogP contribution in [0.4, 0.5) is 0 Å². The topological polar surface area (TPSA) is 307 Å². The van der Waals surface area contributed by atoms with Crippen LogP contribution in [-0.4, -0.2) is 193 Å². The average molecular weight is 1370 g/mol. The second kappa shape index (κ2) is 57.5. The van der Waals surface area contributed by atoms with Crippen LogP contribution in [-0.2, 0) is 33.2 Å². The lowest BCUT2D eigenvalue weighted by Gasteiger charge is -2.48. The Balaban J connectivity index is 1.33. The average Bonchev–Trinajstić information content (AvgIpc) is 0.809. The molecule has 97 heavy (non-hydrogen) atoms. The standard InChI is InChI=1S/C78H129NO18/c1-3-5-7-9-11-13-15-17-18-19-20-21-22-23-24-25-26-27-28-29-30-31-32-33-34-35-36-37-38-39-40-41-42-44-46-48-50-52-54-56-66(84)79-61(62(83)55-53-51-49-47-45-43-16-14-12-10-8-6-4-2)60-92-76-72(90)69(87)74(64(58-81)94-76)97-78-73(91)70(88)75(65(59-82)95-78)96-77-71(89)68(86)67(85)63(57-80)93-77/h5,7,11-14,17-18,20-21,23-24,26-27,29-30,32-33,45,47,53,55,61-65,67-78,80-83,85-91H,3-4,6,8-10,15-16,19,22,25,28,31,34-44,46,48-52,54,56-60H2,1-2H3,(H,79,84)/b7-5-,13-11-,14-12+,18-17-,21-20-,24-23-,27-26-,30-29-,33-32-,47-45+,55-53+. The Bertz CT molecular complexity index is 2280. The van der Waals surface area contributed by atoms with Gasteiger partial charge in [0.25, 0.3) is 0 Å². The molecule has 0 spiro atoms. The van der Waals surface area contributed by atoms with Crippen molar-refractivity contribution in [3.8, 4) is 0 Å². The van der Waals surface area contributed by atoms with Crippen molar-refractivity contribution in [1.29, 1.82) is 0 Å². The van der Waals surface area contributed by atoms with Crippen LogP contribution in [0.3, 0.4) is 0 Å². The van der Waals surface area contributed by atoms with Crippen LogP contribution >= 0.6 is 0 Å². The molecule has 3 aliphatic heterocycles. The first kappa shape index (κ1) is 87.1. The van der Waals surface area contributed by atoms with Crippen LogP contribution in [0.15, 0.2) is 134 Å². The number of aliphatic hydroxyl groups is 11. The molecule has 554 valence electrons. The number of ether oxygens (including phenoxy) is 6. The molecule has 3 rings (SSSR count). The Labute approximate surface area is 581 Å². The van der Waals surface area contributed by atoms with Crippen molar-refractivity contribution in [2.75, 3.05) is 26.4 Å². The maximum atomic E-state index is 13.4. The maximum Gasteiger partial charge on any atom is 0.220 e. The summed E-state index contributed by atoms with van der Waals surface area (Å²) >= 11 is 0. The van der Waals surface area contributed by atoms with Gasteiger partial charge in [0, 0.05) is 6.42 Å². The van der Waals surface area contributed by atoms with E-state index in [2.05, 4.69) is 141 Å². The van der Waals surface area contributed by atoms with E-state index in [1.54, 1.807) is 6.08 Å². The van der Waals surface area contributed by atoms with E-state index in [-0.39, 0.29) is 18.9 Å². The lowest BCUT2D eigenvalue weighted by Crippen LogP contribution is -2.66. The minimum Gasteiger partial charge on any atom is -0.394 e. The zero-order chi connectivity index (χ0) is 70.4. The third-order valence-corrected chi connectivity index (χ3v) is 17.4. The van der Waals surface area contributed by atoms with Gasteiger partial charge in [0.2, 0.25) is 5.91 Å². The lowest BCUT2D eigenvalue weighted by atomic mass is 9.96. The first-order chi connectivity index (χ1) is 47.3. The summed E-state index contributed by atoms with van der Waals surface area (Å²) in [6.07, 6.45) is 54.5. The number of carbonyl (C=O) groups is 1. The molecule has 17 unspecified atom stereocenters. The largest absolute Gasteiger partial charge is 0.394 e. The molecule has 12 N–H and O–H groups in total. The Morgan fingerprint density at radius 3 is 1.15 bits per heavy atom. The SMILES string of the molecule is CC/C=C\C/C=C\C/C=C\C/C=C\C/C=C\C/C=C\C/C=C\C/C=C\CCCCCCCCCCCCCCCCC(=O)NC(COC1OC(CO)C(OC2OC(CO)C(OC3OC(CO)C(O)C(O)C3O)C(O)C2O)C(O)C1O)C(O)/C=C/CC/C=C/CC/C=C/CCCCC.